The van der Waals surface area contributed by atoms with Crippen molar-refractivity contribution < 1.29 is 24.2 Å². The normalized spacial score (nSPS) is 13.7. The number of aliphatic carboxylic acids is 1. The highest BCUT2D eigenvalue weighted by Gasteiger charge is 2.31. The molecule has 2 amide bonds. The molecular formula is C26H32N2O5. The smallest absolute Gasteiger partial charge is 0.407 e. The molecule has 1 aliphatic rings. The van der Waals surface area contributed by atoms with Crippen molar-refractivity contribution in [2.45, 2.75) is 46.1 Å². The lowest BCUT2D eigenvalue weighted by Gasteiger charge is -2.24. The minimum atomic E-state index is -1.11. The SMILES string of the molecule is CC(C)CC(NC(=O)OCC1c2ccccc2-c2ccccc21)C(=O)NCC(C)(C)C(=O)O. The number of rotatable bonds is 9. The van der Waals surface area contributed by atoms with Gasteiger partial charge < -0.3 is 20.5 Å². The molecule has 176 valence electrons. The molecule has 0 fully saturated rings. The maximum Gasteiger partial charge on any atom is 0.407 e. The fourth-order valence-corrected chi connectivity index (χ4v) is 3.99. The molecule has 0 aromatic heterocycles. The van der Waals surface area contributed by atoms with Gasteiger partial charge in [-0.05, 0) is 48.4 Å². The number of amides is 2. The zero-order valence-corrected chi connectivity index (χ0v) is 19.6. The molecule has 7 nitrogen and oxygen atoms in total. The van der Waals surface area contributed by atoms with Crippen LogP contribution in [0.25, 0.3) is 11.1 Å². The van der Waals surface area contributed by atoms with Gasteiger partial charge in [-0.15, -0.1) is 0 Å². The quantitative estimate of drug-likeness (QED) is 0.530. The Labute approximate surface area is 194 Å². The van der Waals surface area contributed by atoms with E-state index in [-0.39, 0.29) is 25.0 Å². The number of carbonyl (C=O) groups excluding carboxylic acids is 2. The maximum absolute atomic E-state index is 12.7. The lowest BCUT2D eigenvalue weighted by atomic mass is 9.93. The van der Waals surface area contributed by atoms with Gasteiger partial charge in [0.2, 0.25) is 5.91 Å². The molecule has 3 N–H and O–H groups in total. The number of hydrogen-bond donors (Lipinski definition) is 3. The largest absolute Gasteiger partial charge is 0.481 e. The number of ether oxygens (including phenoxy) is 1. The molecule has 0 radical (unpaired) electrons. The van der Waals surface area contributed by atoms with Crippen LogP contribution in [-0.2, 0) is 14.3 Å². The number of carbonyl (C=O) groups is 3. The van der Waals surface area contributed by atoms with Crippen molar-refractivity contribution in [2.24, 2.45) is 11.3 Å². The highest BCUT2D eigenvalue weighted by Crippen LogP contribution is 2.44. The van der Waals surface area contributed by atoms with Crippen molar-refractivity contribution in [2.75, 3.05) is 13.2 Å². The first-order chi connectivity index (χ1) is 15.6. The third kappa shape index (κ3) is 5.72. The van der Waals surface area contributed by atoms with Gasteiger partial charge in [0.05, 0.1) is 5.41 Å². The minimum Gasteiger partial charge on any atom is -0.481 e. The number of carboxylic acid groups (broad SMARTS) is 1. The Morgan fingerprint density at radius 2 is 1.55 bits per heavy atom. The summed E-state index contributed by atoms with van der Waals surface area (Å²) in [5.74, 6) is -1.36. The van der Waals surface area contributed by atoms with E-state index in [4.69, 9.17) is 4.74 Å². The summed E-state index contributed by atoms with van der Waals surface area (Å²) in [6.07, 6.45) is -0.265. The lowest BCUT2D eigenvalue weighted by Crippen LogP contribution is -2.50. The van der Waals surface area contributed by atoms with Crippen LogP contribution in [-0.4, -0.2) is 42.3 Å². The van der Waals surface area contributed by atoms with E-state index < -0.39 is 29.4 Å². The van der Waals surface area contributed by atoms with Gasteiger partial charge in [0.15, 0.2) is 0 Å². The highest BCUT2D eigenvalue weighted by molar-refractivity contribution is 5.86. The number of carboxylic acids is 1. The van der Waals surface area contributed by atoms with E-state index in [2.05, 4.69) is 22.8 Å². The second kappa shape index (κ2) is 10.1. The van der Waals surface area contributed by atoms with E-state index in [1.165, 1.54) is 13.8 Å². The molecule has 1 atom stereocenters. The van der Waals surface area contributed by atoms with Crippen molar-refractivity contribution in [3.63, 3.8) is 0 Å². The summed E-state index contributed by atoms with van der Waals surface area (Å²) in [4.78, 5) is 36.6. The lowest BCUT2D eigenvalue weighted by molar-refractivity contribution is -0.146. The Hall–Kier alpha value is -3.35. The molecule has 0 bridgehead atoms. The molecule has 0 saturated heterocycles. The molecule has 2 aromatic rings. The van der Waals surface area contributed by atoms with E-state index in [0.29, 0.717) is 6.42 Å². The summed E-state index contributed by atoms with van der Waals surface area (Å²) < 4.78 is 5.56. The van der Waals surface area contributed by atoms with Gasteiger partial charge in [-0.25, -0.2) is 4.79 Å². The van der Waals surface area contributed by atoms with Gasteiger partial charge in [-0.3, -0.25) is 9.59 Å². The first-order valence-electron chi connectivity index (χ1n) is 11.2. The predicted molar refractivity (Wildman–Crippen MR) is 126 cm³/mol. The number of nitrogens with one attached hydrogen (secondary N) is 2. The van der Waals surface area contributed by atoms with Crippen LogP contribution in [0.1, 0.15) is 51.2 Å². The predicted octanol–water partition coefficient (Wildman–Crippen LogP) is 4.17. The van der Waals surface area contributed by atoms with Gasteiger partial charge in [-0.2, -0.15) is 0 Å². The summed E-state index contributed by atoms with van der Waals surface area (Å²) >= 11 is 0. The summed E-state index contributed by atoms with van der Waals surface area (Å²) in [6, 6.07) is 15.3. The average molecular weight is 453 g/mol. The zero-order chi connectivity index (χ0) is 24.2. The number of hydrogen-bond acceptors (Lipinski definition) is 4. The van der Waals surface area contributed by atoms with E-state index in [0.717, 1.165) is 22.3 Å². The zero-order valence-electron chi connectivity index (χ0n) is 19.6. The van der Waals surface area contributed by atoms with Gasteiger partial charge in [0, 0.05) is 12.5 Å². The molecule has 7 heteroatoms. The molecule has 1 aliphatic carbocycles. The summed E-state index contributed by atoms with van der Waals surface area (Å²) in [5, 5.41) is 14.6. The van der Waals surface area contributed by atoms with Gasteiger partial charge in [-0.1, -0.05) is 62.4 Å². The standard InChI is InChI=1S/C26H32N2O5/c1-16(2)13-22(23(29)27-15-26(3,4)24(30)31)28-25(32)33-14-21-19-11-7-5-9-17(19)18-10-6-8-12-20(18)21/h5-12,16,21-22H,13-15H2,1-4H3,(H,27,29)(H,28,32)(H,30,31). The molecule has 0 heterocycles. The van der Waals surface area contributed by atoms with Crippen LogP contribution in [0.2, 0.25) is 0 Å². The highest BCUT2D eigenvalue weighted by atomic mass is 16.5. The molecule has 3 rings (SSSR count). The van der Waals surface area contributed by atoms with Gasteiger partial charge >= 0.3 is 12.1 Å². The Kier molecular flexibility index (Phi) is 7.41. The van der Waals surface area contributed by atoms with Gasteiger partial charge in [0.1, 0.15) is 12.6 Å². The number of alkyl carbamates (subject to hydrolysis) is 1. The minimum absolute atomic E-state index is 0.0396. The molecular weight excluding hydrogens is 420 g/mol. The van der Waals surface area contributed by atoms with Gasteiger partial charge in [0.25, 0.3) is 0 Å². The van der Waals surface area contributed by atoms with Crippen molar-refractivity contribution in [3.8, 4) is 11.1 Å². The summed E-state index contributed by atoms with van der Waals surface area (Å²) in [6.45, 7) is 7.07. The summed E-state index contributed by atoms with van der Waals surface area (Å²) in [5.41, 5.74) is 3.39. The first kappa shape index (κ1) is 24.3. The van der Waals surface area contributed by atoms with Crippen LogP contribution in [0.15, 0.2) is 48.5 Å². The van der Waals surface area contributed by atoms with Crippen LogP contribution in [0.3, 0.4) is 0 Å². The molecule has 0 saturated carbocycles. The van der Waals surface area contributed by atoms with Crippen LogP contribution in [0.5, 0.6) is 0 Å². The second-order valence-electron chi connectivity index (χ2n) is 9.56. The van der Waals surface area contributed by atoms with E-state index in [9.17, 15) is 19.5 Å². The Morgan fingerprint density at radius 1 is 1.00 bits per heavy atom. The van der Waals surface area contributed by atoms with Crippen LogP contribution < -0.4 is 10.6 Å². The third-order valence-electron chi connectivity index (χ3n) is 5.94. The number of benzene rings is 2. The van der Waals surface area contributed by atoms with E-state index in [1.54, 1.807) is 0 Å². The third-order valence-corrected chi connectivity index (χ3v) is 5.94. The maximum atomic E-state index is 12.7. The average Bonchev–Trinajstić information content (AvgIpc) is 3.09. The Morgan fingerprint density at radius 3 is 2.06 bits per heavy atom. The second-order valence-corrected chi connectivity index (χ2v) is 9.56. The Bertz CT molecular complexity index is 985. The fourth-order valence-electron chi connectivity index (χ4n) is 3.99. The van der Waals surface area contributed by atoms with Crippen molar-refractivity contribution in [1.82, 2.24) is 10.6 Å². The van der Waals surface area contributed by atoms with Crippen molar-refractivity contribution in [1.29, 1.82) is 0 Å². The molecule has 33 heavy (non-hydrogen) atoms. The molecule has 2 aromatic carbocycles. The van der Waals surface area contributed by atoms with E-state index in [1.807, 2.05) is 50.2 Å². The van der Waals surface area contributed by atoms with Crippen LogP contribution >= 0.6 is 0 Å². The first-order valence-corrected chi connectivity index (χ1v) is 11.2. The van der Waals surface area contributed by atoms with E-state index >= 15 is 0 Å². The van der Waals surface area contributed by atoms with Crippen LogP contribution in [0, 0.1) is 11.3 Å². The summed E-state index contributed by atoms with van der Waals surface area (Å²) in [7, 11) is 0. The Balaban J connectivity index is 1.64. The fraction of sp³-hybridized carbons (Fsp3) is 0.423. The van der Waals surface area contributed by atoms with Crippen molar-refractivity contribution in [3.05, 3.63) is 59.7 Å². The van der Waals surface area contributed by atoms with Crippen molar-refractivity contribution >= 4 is 18.0 Å². The molecule has 0 aliphatic heterocycles. The topological polar surface area (TPSA) is 105 Å². The molecule has 0 spiro atoms. The monoisotopic (exact) mass is 452 g/mol. The van der Waals surface area contributed by atoms with Crippen LogP contribution in [0.4, 0.5) is 4.79 Å². The number of fused-ring (bicyclic) bond motifs is 3. The molecule has 1 unspecified atom stereocenters.